The van der Waals surface area contributed by atoms with Crippen LogP contribution in [0.15, 0.2) is 29.3 Å². The van der Waals surface area contributed by atoms with Gasteiger partial charge in [0.1, 0.15) is 5.82 Å². The lowest BCUT2D eigenvalue weighted by Crippen LogP contribution is -2.41. The highest BCUT2D eigenvalue weighted by Gasteiger charge is 2.35. The van der Waals surface area contributed by atoms with E-state index in [0.717, 1.165) is 49.4 Å². The second kappa shape index (κ2) is 7.12. The molecule has 2 unspecified atom stereocenters. The van der Waals surface area contributed by atoms with Crippen molar-refractivity contribution >= 4 is 5.96 Å². The minimum atomic E-state index is -0.174. The average Bonchev–Trinajstić information content (AvgIpc) is 2.97. The maximum absolute atomic E-state index is 12.9. The highest BCUT2D eigenvalue weighted by molar-refractivity contribution is 5.80. The Morgan fingerprint density at radius 1 is 1.18 bits per heavy atom. The van der Waals surface area contributed by atoms with Gasteiger partial charge in [-0.05, 0) is 48.8 Å². The Hall–Kier alpha value is -1.58. The Labute approximate surface area is 132 Å². The summed E-state index contributed by atoms with van der Waals surface area (Å²) in [5, 5.41) is 3.47. The van der Waals surface area contributed by atoms with E-state index >= 15 is 0 Å². The van der Waals surface area contributed by atoms with Crippen LogP contribution in [0.25, 0.3) is 0 Å². The fourth-order valence-corrected chi connectivity index (χ4v) is 3.88. The maximum Gasteiger partial charge on any atom is 0.193 e. The minimum Gasteiger partial charge on any atom is -0.356 e. The van der Waals surface area contributed by atoms with Crippen LogP contribution in [0.2, 0.25) is 0 Å². The van der Waals surface area contributed by atoms with Gasteiger partial charge in [0.15, 0.2) is 5.96 Å². The van der Waals surface area contributed by atoms with Gasteiger partial charge in [0.25, 0.3) is 0 Å². The summed E-state index contributed by atoms with van der Waals surface area (Å²) in [6.45, 7) is 3.14. The first kappa shape index (κ1) is 15.3. The largest absolute Gasteiger partial charge is 0.356 e. The number of nitrogens with zero attached hydrogens (tertiary/aromatic N) is 2. The molecule has 1 N–H and O–H groups in total. The fraction of sp³-hybridized carbons (Fsp3) is 0.611. The summed E-state index contributed by atoms with van der Waals surface area (Å²) < 4.78 is 12.9. The van der Waals surface area contributed by atoms with Gasteiger partial charge in [-0.3, -0.25) is 4.99 Å². The van der Waals surface area contributed by atoms with Crippen LogP contribution in [0.5, 0.6) is 0 Å². The third-order valence-electron chi connectivity index (χ3n) is 5.10. The van der Waals surface area contributed by atoms with E-state index in [1.54, 1.807) is 0 Å². The van der Waals surface area contributed by atoms with Gasteiger partial charge in [-0.2, -0.15) is 0 Å². The highest BCUT2D eigenvalue weighted by Crippen LogP contribution is 2.35. The van der Waals surface area contributed by atoms with E-state index in [4.69, 9.17) is 0 Å². The molecule has 0 aromatic heterocycles. The van der Waals surface area contributed by atoms with Crippen molar-refractivity contribution in [1.82, 2.24) is 10.2 Å². The third-order valence-corrected chi connectivity index (χ3v) is 5.10. The topological polar surface area (TPSA) is 27.6 Å². The zero-order valence-electron chi connectivity index (χ0n) is 13.4. The van der Waals surface area contributed by atoms with Crippen molar-refractivity contribution in [3.05, 3.63) is 35.6 Å². The Kier molecular flexibility index (Phi) is 4.96. The van der Waals surface area contributed by atoms with Gasteiger partial charge in [0.2, 0.25) is 0 Å². The number of rotatable bonds is 3. The van der Waals surface area contributed by atoms with Gasteiger partial charge in [0.05, 0.1) is 0 Å². The Morgan fingerprint density at radius 2 is 1.82 bits per heavy atom. The van der Waals surface area contributed by atoms with Crippen LogP contribution in [-0.2, 0) is 6.42 Å². The minimum absolute atomic E-state index is 0.174. The molecule has 2 fully saturated rings. The summed E-state index contributed by atoms with van der Waals surface area (Å²) in [5.74, 6) is 2.58. The average molecular weight is 303 g/mol. The molecule has 3 nitrogen and oxygen atoms in total. The van der Waals surface area contributed by atoms with Crippen LogP contribution in [0.3, 0.4) is 0 Å². The molecule has 3 rings (SSSR count). The number of halogens is 1. The van der Waals surface area contributed by atoms with Crippen LogP contribution in [0.4, 0.5) is 4.39 Å². The monoisotopic (exact) mass is 303 g/mol. The fourth-order valence-electron chi connectivity index (χ4n) is 3.88. The number of benzene rings is 1. The van der Waals surface area contributed by atoms with Crippen molar-refractivity contribution in [2.75, 3.05) is 26.7 Å². The van der Waals surface area contributed by atoms with Crippen LogP contribution in [0.1, 0.15) is 31.2 Å². The standard InChI is InChI=1S/C18H26FN3/c1-20-18(21-11-10-14-6-8-17(19)9-7-14)22-12-15-4-2-3-5-16(15)13-22/h6-9,15-16H,2-5,10-13H2,1H3,(H,20,21). The molecule has 2 atom stereocenters. The van der Waals surface area contributed by atoms with Crippen LogP contribution >= 0.6 is 0 Å². The molecular weight excluding hydrogens is 277 g/mol. The van der Waals surface area contributed by atoms with Gasteiger partial charge in [-0.15, -0.1) is 0 Å². The number of nitrogens with one attached hydrogen (secondary N) is 1. The quantitative estimate of drug-likeness (QED) is 0.686. The Bertz CT molecular complexity index is 498. The zero-order chi connectivity index (χ0) is 15.4. The predicted molar refractivity (Wildman–Crippen MR) is 88.5 cm³/mol. The normalized spacial score (nSPS) is 25.2. The number of likely N-dealkylation sites (tertiary alicyclic amines) is 1. The molecule has 1 aliphatic carbocycles. The molecule has 0 spiro atoms. The summed E-state index contributed by atoms with van der Waals surface area (Å²) in [7, 11) is 1.86. The first-order valence-corrected chi connectivity index (χ1v) is 8.46. The summed E-state index contributed by atoms with van der Waals surface area (Å²) in [6, 6.07) is 6.75. The van der Waals surface area contributed by atoms with E-state index in [-0.39, 0.29) is 5.82 Å². The first-order chi connectivity index (χ1) is 10.8. The lowest BCUT2D eigenvalue weighted by atomic mass is 9.82. The van der Waals surface area contributed by atoms with Gasteiger partial charge >= 0.3 is 0 Å². The van der Waals surface area contributed by atoms with Crippen LogP contribution in [0, 0.1) is 17.7 Å². The smallest absolute Gasteiger partial charge is 0.193 e. The number of hydrogen-bond donors (Lipinski definition) is 1. The number of fused-ring (bicyclic) bond motifs is 1. The molecule has 1 aliphatic heterocycles. The molecule has 1 saturated carbocycles. The van der Waals surface area contributed by atoms with Crippen molar-refractivity contribution in [2.45, 2.75) is 32.1 Å². The molecule has 0 radical (unpaired) electrons. The van der Waals surface area contributed by atoms with Gasteiger partial charge in [0, 0.05) is 26.7 Å². The number of aliphatic imine (C=N–C) groups is 1. The summed E-state index contributed by atoms with van der Waals surface area (Å²) in [6.07, 6.45) is 6.44. The summed E-state index contributed by atoms with van der Waals surface area (Å²) >= 11 is 0. The van der Waals surface area contributed by atoms with Gasteiger partial charge in [-0.1, -0.05) is 25.0 Å². The Morgan fingerprint density at radius 3 is 2.41 bits per heavy atom. The molecule has 4 heteroatoms. The Balaban J connectivity index is 1.49. The summed E-state index contributed by atoms with van der Waals surface area (Å²) in [4.78, 5) is 6.87. The predicted octanol–water partition coefficient (Wildman–Crippen LogP) is 3.07. The van der Waals surface area contributed by atoms with E-state index in [1.807, 2.05) is 19.2 Å². The number of hydrogen-bond acceptors (Lipinski definition) is 1. The molecular formula is C18H26FN3. The second-order valence-electron chi connectivity index (χ2n) is 6.56. The van der Waals surface area contributed by atoms with E-state index in [1.165, 1.54) is 37.8 Å². The first-order valence-electron chi connectivity index (χ1n) is 8.46. The lowest BCUT2D eigenvalue weighted by Gasteiger charge is -2.22. The SMILES string of the molecule is CN=C(NCCc1ccc(F)cc1)N1CC2CCCCC2C1. The van der Waals surface area contributed by atoms with Crippen molar-refractivity contribution < 1.29 is 4.39 Å². The molecule has 120 valence electrons. The summed E-state index contributed by atoms with van der Waals surface area (Å²) in [5.41, 5.74) is 1.15. The molecule has 1 saturated heterocycles. The van der Waals surface area contributed by atoms with Gasteiger partial charge in [-0.25, -0.2) is 4.39 Å². The highest BCUT2D eigenvalue weighted by atomic mass is 19.1. The van der Waals surface area contributed by atoms with Crippen molar-refractivity contribution in [3.8, 4) is 0 Å². The van der Waals surface area contributed by atoms with E-state index in [2.05, 4.69) is 15.2 Å². The molecule has 1 heterocycles. The molecule has 1 aromatic rings. The molecule has 0 amide bonds. The number of guanidine groups is 1. The molecule has 22 heavy (non-hydrogen) atoms. The van der Waals surface area contributed by atoms with Crippen LogP contribution < -0.4 is 5.32 Å². The molecule has 0 bridgehead atoms. The molecule has 1 aromatic carbocycles. The zero-order valence-corrected chi connectivity index (χ0v) is 13.4. The molecule has 2 aliphatic rings. The van der Waals surface area contributed by atoms with E-state index in [9.17, 15) is 4.39 Å². The maximum atomic E-state index is 12.9. The second-order valence-corrected chi connectivity index (χ2v) is 6.56. The third kappa shape index (κ3) is 3.60. The van der Waals surface area contributed by atoms with Crippen molar-refractivity contribution in [1.29, 1.82) is 0 Å². The lowest BCUT2D eigenvalue weighted by molar-refractivity contribution is 0.299. The van der Waals surface area contributed by atoms with Crippen molar-refractivity contribution in [2.24, 2.45) is 16.8 Å². The van der Waals surface area contributed by atoms with E-state index < -0.39 is 0 Å². The van der Waals surface area contributed by atoms with E-state index in [0.29, 0.717) is 0 Å². The van der Waals surface area contributed by atoms with Gasteiger partial charge < -0.3 is 10.2 Å². The van der Waals surface area contributed by atoms with Crippen molar-refractivity contribution in [3.63, 3.8) is 0 Å². The van der Waals surface area contributed by atoms with Crippen LogP contribution in [-0.4, -0.2) is 37.5 Å².